The van der Waals surface area contributed by atoms with Crippen LogP contribution in [0.15, 0.2) is 28.8 Å². The predicted molar refractivity (Wildman–Crippen MR) is 77.7 cm³/mol. The van der Waals surface area contributed by atoms with E-state index < -0.39 is 17.3 Å². The summed E-state index contributed by atoms with van der Waals surface area (Å²) in [4.78, 5) is 16.8. The van der Waals surface area contributed by atoms with Crippen molar-refractivity contribution in [3.8, 4) is 0 Å². The average molecular weight is 303 g/mol. The second-order valence-corrected chi connectivity index (χ2v) is 5.71. The molecule has 1 N–H and O–H groups in total. The molecule has 5 nitrogen and oxygen atoms in total. The molecule has 22 heavy (non-hydrogen) atoms. The van der Waals surface area contributed by atoms with E-state index >= 15 is 0 Å². The van der Waals surface area contributed by atoms with E-state index in [4.69, 9.17) is 4.52 Å². The second kappa shape index (κ2) is 5.87. The Labute approximate surface area is 127 Å². The van der Waals surface area contributed by atoms with Crippen LogP contribution >= 0.6 is 0 Å². The minimum atomic E-state index is -0.671. The minimum absolute atomic E-state index is 0.0349. The van der Waals surface area contributed by atoms with Crippen molar-refractivity contribution in [2.24, 2.45) is 0 Å². The van der Waals surface area contributed by atoms with E-state index in [9.17, 15) is 9.18 Å². The molecule has 0 atom stereocenters. The number of rotatable bonds is 3. The van der Waals surface area contributed by atoms with Crippen molar-refractivity contribution in [2.45, 2.75) is 44.6 Å². The number of amides is 1. The lowest BCUT2D eigenvalue weighted by atomic mass is 9.80. The first-order valence-corrected chi connectivity index (χ1v) is 7.49. The van der Waals surface area contributed by atoms with Gasteiger partial charge in [0.1, 0.15) is 11.4 Å². The molecule has 1 fully saturated rings. The smallest absolute Gasteiger partial charge is 0.255 e. The fourth-order valence-corrected chi connectivity index (χ4v) is 2.98. The van der Waals surface area contributed by atoms with Crippen LogP contribution in [0.4, 0.5) is 4.39 Å². The summed E-state index contributed by atoms with van der Waals surface area (Å²) in [6.07, 6.45) is 4.49. The Morgan fingerprint density at radius 3 is 2.64 bits per heavy atom. The van der Waals surface area contributed by atoms with Gasteiger partial charge in [-0.2, -0.15) is 4.98 Å². The van der Waals surface area contributed by atoms with Crippen LogP contribution in [-0.2, 0) is 5.54 Å². The third-order valence-corrected chi connectivity index (χ3v) is 4.13. The highest BCUT2D eigenvalue weighted by atomic mass is 19.1. The molecule has 0 aliphatic heterocycles. The summed E-state index contributed by atoms with van der Waals surface area (Å²) >= 11 is 0. The van der Waals surface area contributed by atoms with Crippen LogP contribution in [0.25, 0.3) is 0 Å². The van der Waals surface area contributed by atoms with Crippen molar-refractivity contribution in [1.29, 1.82) is 0 Å². The van der Waals surface area contributed by atoms with Gasteiger partial charge in [-0.05, 0) is 25.0 Å². The third-order valence-electron chi connectivity index (χ3n) is 4.13. The van der Waals surface area contributed by atoms with Crippen LogP contribution in [-0.4, -0.2) is 16.0 Å². The number of aromatic nitrogens is 2. The summed E-state index contributed by atoms with van der Waals surface area (Å²) in [5, 5.41) is 6.94. The molecule has 1 heterocycles. The summed E-state index contributed by atoms with van der Waals surface area (Å²) in [5.41, 5.74) is -0.636. The Balaban J connectivity index is 1.91. The van der Waals surface area contributed by atoms with Crippen molar-refractivity contribution in [2.75, 3.05) is 0 Å². The third kappa shape index (κ3) is 2.73. The van der Waals surface area contributed by atoms with Crippen LogP contribution in [0.2, 0.25) is 0 Å². The first-order valence-electron chi connectivity index (χ1n) is 7.49. The molecule has 0 spiro atoms. The molecule has 1 aliphatic rings. The highest BCUT2D eigenvalue weighted by molar-refractivity contribution is 5.95. The normalized spacial score (nSPS) is 17.2. The second-order valence-electron chi connectivity index (χ2n) is 5.71. The maximum atomic E-state index is 13.8. The van der Waals surface area contributed by atoms with E-state index in [0.29, 0.717) is 11.7 Å². The van der Waals surface area contributed by atoms with E-state index in [2.05, 4.69) is 15.5 Å². The van der Waals surface area contributed by atoms with Gasteiger partial charge in [-0.3, -0.25) is 4.79 Å². The minimum Gasteiger partial charge on any atom is -0.340 e. The standard InChI is InChI=1S/C16H18FN3O2/c1-11-18-15(20-22-11)16(9-5-2-6-10-16)19-14(21)12-7-3-4-8-13(12)17/h3-4,7-8H,2,5-6,9-10H2,1H3,(H,19,21). The number of halogens is 1. The van der Waals surface area contributed by atoms with Gasteiger partial charge in [-0.1, -0.05) is 36.6 Å². The summed E-state index contributed by atoms with van der Waals surface area (Å²) in [6, 6.07) is 5.96. The highest BCUT2D eigenvalue weighted by Crippen LogP contribution is 2.36. The summed E-state index contributed by atoms with van der Waals surface area (Å²) in [5.74, 6) is -0.0350. The fourth-order valence-electron chi connectivity index (χ4n) is 2.98. The van der Waals surface area contributed by atoms with Crippen LogP contribution in [0.5, 0.6) is 0 Å². The molecule has 1 aromatic carbocycles. The van der Waals surface area contributed by atoms with Crippen molar-refractivity contribution in [3.63, 3.8) is 0 Å². The molecule has 1 aliphatic carbocycles. The summed E-state index contributed by atoms with van der Waals surface area (Å²) in [6.45, 7) is 1.71. The van der Waals surface area contributed by atoms with Crippen LogP contribution in [0, 0.1) is 12.7 Å². The molecule has 0 unspecified atom stereocenters. The van der Waals surface area contributed by atoms with Crippen molar-refractivity contribution in [3.05, 3.63) is 47.4 Å². The Kier molecular flexibility index (Phi) is 3.92. The zero-order valence-corrected chi connectivity index (χ0v) is 12.4. The zero-order chi connectivity index (χ0) is 15.6. The predicted octanol–water partition coefficient (Wildman–Crippen LogP) is 3.11. The van der Waals surface area contributed by atoms with Gasteiger partial charge in [-0.15, -0.1) is 0 Å². The van der Waals surface area contributed by atoms with Gasteiger partial charge in [0.05, 0.1) is 5.56 Å². The Bertz CT molecular complexity index is 678. The van der Waals surface area contributed by atoms with Crippen molar-refractivity contribution >= 4 is 5.91 Å². The molecular weight excluding hydrogens is 285 g/mol. The molecule has 1 amide bonds. The number of nitrogens with zero attached hydrogens (tertiary/aromatic N) is 2. The molecule has 6 heteroatoms. The zero-order valence-electron chi connectivity index (χ0n) is 12.4. The molecule has 2 aromatic rings. The summed E-state index contributed by atoms with van der Waals surface area (Å²) < 4.78 is 18.9. The van der Waals surface area contributed by atoms with Gasteiger partial charge >= 0.3 is 0 Å². The molecule has 0 bridgehead atoms. The molecule has 1 aromatic heterocycles. The van der Waals surface area contributed by atoms with Crippen LogP contribution in [0.3, 0.4) is 0 Å². The number of hydrogen-bond donors (Lipinski definition) is 1. The van der Waals surface area contributed by atoms with Gasteiger partial charge in [0.25, 0.3) is 5.91 Å². The number of nitrogens with one attached hydrogen (secondary N) is 1. The van der Waals surface area contributed by atoms with Crippen LogP contribution in [0.1, 0.15) is 54.2 Å². The van der Waals surface area contributed by atoms with Gasteiger partial charge in [-0.25, -0.2) is 4.39 Å². The molecule has 116 valence electrons. The SMILES string of the molecule is Cc1nc(C2(NC(=O)c3ccccc3F)CCCCC2)no1. The van der Waals surface area contributed by atoms with E-state index in [1.165, 1.54) is 12.1 Å². The Hall–Kier alpha value is -2.24. The molecule has 0 radical (unpaired) electrons. The lowest BCUT2D eigenvalue weighted by Crippen LogP contribution is -2.48. The van der Waals surface area contributed by atoms with E-state index in [-0.39, 0.29) is 5.56 Å². The maximum Gasteiger partial charge on any atom is 0.255 e. The highest BCUT2D eigenvalue weighted by Gasteiger charge is 2.40. The van der Waals surface area contributed by atoms with E-state index in [1.807, 2.05) is 0 Å². The quantitative estimate of drug-likeness (QED) is 0.946. The van der Waals surface area contributed by atoms with Crippen molar-refractivity contribution in [1.82, 2.24) is 15.5 Å². The Morgan fingerprint density at radius 1 is 1.27 bits per heavy atom. The molecular formula is C16H18FN3O2. The first-order chi connectivity index (χ1) is 10.6. The van der Waals surface area contributed by atoms with Gasteiger partial charge in [0.2, 0.25) is 5.89 Å². The maximum absolute atomic E-state index is 13.8. The number of aryl methyl sites for hydroxylation is 1. The average Bonchev–Trinajstić information content (AvgIpc) is 2.96. The lowest BCUT2D eigenvalue weighted by Gasteiger charge is -2.35. The Morgan fingerprint density at radius 2 is 2.00 bits per heavy atom. The van der Waals surface area contributed by atoms with Crippen molar-refractivity contribution < 1.29 is 13.7 Å². The molecule has 1 saturated carbocycles. The topological polar surface area (TPSA) is 68.0 Å². The largest absolute Gasteiger partial charge is 0.340 e. The monoisotopic (exact) mass is 303 g/mol. The summed E-state index contributed by atoms with van der Waals surface area (Å²) in [7, 11) is 0. The van der Waals surface area contributed by atoms with Gasteiger partial charge in [0.15, 0.2) is 5.82 Å². The number of carbonyl (C=O) groups excluding carboxylic acids is 1. The first kappa shape index (κ1) is 14.7. The lowest BCUT2D eigenvalue weighted by molar-refractivity contribution is 0.0851. The molecule has 0 saturated heterocycles. The fraction of sp³-hybridized carbons (Fsp3) is 0.438. The van der Waals surface area contributed by atoms with E-state index in [1.54, 1.807) is 19.1 Å². The van der Waals surface area contributed by atoms with Crippen LogP contribution < -0.4 is 5.32 Å². The number of carbonyl (C=O) groups is 1. The number of hydrogen-bond acceptors (Lipinski definition) is 4. The van der Waals surface area contributed by atoms with Gasteiger partial charge in [0, 0.05) is 6.92 Å². The van der Waals surface area contributed by atoms with E-state index in [0.717, 1.165) is 32.1 Å². The van der Waals surface area contributed by atoms with Gasteiger partial charge < -0.3 is 9.84 Å². The molecule has 3 rings (SSSR count). The number of benzene rings is 1.